The first-order valence-corrected chi connectivity index (χ1v) is 17.2. The maximum Gasteiger partial charge on any atom is 0.128 e. The molecule has 8 rings (SSSR count). The first kappa shape index (κ1) is 32.2. The summed E-state index contributed by atoms with van der Waals surface area (Å²) < 4.78 is 11.4. The molecule has 0 bridgehead atoms. The summed E-state index contributed by atoms with van der Waals surface area (Å²) in [7, 11) is 0. The van der Waals surface area contributed by atoms with Gasteiger partial charge in [-0.3, -0.25) is 0 Å². The molecule has 0 aromatic heterocycles. The summed E-state index contributed by atoms with van der Waals surface area (Å²) in [4.78, 5) is 4.55. The van der Waals surface area contributed by atoms with E-state index in [9.17, 15) is 0 Å². The highest BCUT2D eigenvalue weighted by molar-refractivity contribution is 6.00. The van der Waals surface area contributed by atoms with Gasteiger partial charge in [-0.25, -0.2) is 0 Å². The maximum absolute atomic E-state index is 5.68. The third-order valence-electron chi connectivity index (χ3n) is 9.19. The highest BCUT2D eigenvalue weighted by atomic mass is 16.5. The van der Waals surface area contributed by atoms with Crippen molar-refractivity contribution in [1.82, 2.24) is 0 Å². The van der Waals surface area contributed by atoms with Gasteiger partial charge in [0.15, 0.2) is 0 Å². The van der Waals surface area contributed by atoms with E-state index in [1.165, 1.54) is 23.3 Å². The van der Waals surface area contributed by atoms with Crippen LogP contribution in [-0.4, -0.2) is 0 Å². The lowest BCUT2D eigenvalue weighted by atomic mass is 10.0. The molecule has 52 heavy (non-hydrogen) atoms. The van der Waals surface area contributed by atoms with Gasteiger partial charge < -0.3 is 19.3 Å². The van der Waals surface area contributed by atoms with Crippen LogP contribution in [0, 0.1) is 0 Å². The molecule has 4 heteroatoms. The lowest BCUT2D eigenvalue weighted by Crippen LogP contribution is -2.10. The van der Waals surface area contributed by atoms with Crippen LogP contribution < -0.4 is 19.3 Å². The number of ether oxygens (including phenoxy) is 2. The molecule has 0 N–H and O–H groups in total. The number of hydrogen-bond donors (Lipinski definition) is 0. The maximum atomic E-state index is 5.68. The summed E-state index contributed by atoms with van der Waals surface area (Å²) >= 11 is 0. The van der Waals surface area contributed by atoms with E-state index in [2.05, 4.69) is 169 Å². The smallest absolute Gasteiger partial charge is 0.128 e. The van der Waals surface area contributed by atoms with Gasteiger partial charge in [0.25, 0.3) is 0 Å². The average Bonchev–Trinajstić information content (AvgIpc) is 3.20. The molecule has 0 radical (unpaired) electrons. The fraction of sp³-hybridized carbons (Fsp3) is 0. The van der Waals surface area contributed by atoms with Crippen LogP contribution in [0.5, 0.6) is 11.5 Å². The molecule has 0 unspecified atom stereocenters. The zero-order chi connectivity index (χ0) is 35.3. The predicted molar refractivity (Wildman–Crippen MR) is 218 cm³/mol. The van der Waals surface area contributed by atoms with E-state index in [1.807, 2.05) is 36.4 Å². The highest BCUT2D eigenvalue weighted by Gasteiger charge is 2.18. The Kier molecular flexibility index (Phi) is 8.94. The number of rotatable bonds is 11. The van der Waals surface area contributed by atoms with Gasteiger partial charge in [0.2, 0.25) is 0 Å². The van der Waals surface area contributed by atoms with E-state index in [0.717, 1.165) is 67.5 Å². The molecule has 0 heterocycles. The Morgan fingerprint density at radius 1 is 0.365 bits per heavy atom. The van der Waals surface area contributed by atoms with E-state index >= 15 is 0 Å². The number of benzene rings is 8. The van der Waals surface area contributed by atoms with Gasteiger partial charge in [-0.15, -0.1) is 0 Å². The number of hydrogen-bond acceptors (Lipinski definition) is 4. The van der Waals surface area contributed by atoms with Gasteiger partial charge in [0.1, 0.15) is 11.5 Å². The average molecular weight is 673 g/mol. The van der Waals surface area contributed by atoms with Crippen molar-refractivity contribution in [3.8, 4) is 22.6 Å². The van der Waals surface area contributed by atoms with Crippen LogP contribution in [0.3, 0.4) is 0 Å². The van der Waals surface area contributed by atoms with Gasteiger partial charge in [0.05, 0.1) is 23.9 Å². The Morgan fingerprint density at radius 3 is 1.17 bits per heavy atom. The third kappa shape index (κ3) is 6.37. The van der Waals surface area contributed by atoms with Gasteiger partial charge in [-0.2, -0.15) is 0 Å². The van der Waals surface area contributed by atoms with Crippen molar-refractivity contribution >= 4 is 55.7 Å². The summed E-state index contributed by atoms with van der Waals surface area (Å²) in [5.41, 5.74) is 8.47. The summed E-state index contributed by atoms with van der Waals surface area (Å²) in [6, 6.07) is 63.4. The molecule has 0 aliphatic heterocycles. The van der Waals surface area contributed by atoms with Crippen molar-refractivity contribution < 1.29 is 9.47 Å². The van der Waals surface area contributed by atoms with Crippen LogP contribution in [-0.2, 0) is 0 Å². The lowest BCUT2D eigenvalue weighted by molar-refractivity contribution is 0.483. The number of fused-ring (bicyclic) bond motifs is 2. The molecule has 8 aromatic rings. The predicted octanol–water partition coefficient (Wildman–Crippen LogP) is 13.6. The van der Waals surface area contributed by atoms with Gasteiger partial charge in [-0.1, -0.05) is 122 Å². The lowest BCUT2D eigenvalue weighted by Gasteiger charge is -2.28. The molecule has 4 nitrogen and oxygen atoms in total. The molecule has 0 saturated carbocycles. The molecule has 0 saturated heterocycles. The molecule has 0 aliphatic carbocycles. The highest BCUT2D eigenvalue weighted by Crippen LogP contribution is 2.42. The van der Waals surface area contributed by atoms with E-state index in [4.69, 9.17) is 9.47 Å². The quantitative estimate of drug-likeness (QED) is 0.128. The minimum absolute atomic E-state index is 0.729. The summed E-state index contributed by atoms with van der Waals surface area (Å²) in [6.45, 7) is 7.49. The molecule has 0 aliphatic rings. The summed E-state index contributed by atoms with van der Waals surface area (Å²) in [5, 5.41) is 4.68. The molecular formula is C48H36N2O2. The molecule has 0 amide bonds. The Balaban J connectivity index is 1.17. The molecular weight excluding hydrogens is 637 g/mol. The van der Waals surface area contributed by atoms with E-state index < -0.39 is 0 Å². The standard InChI is InChI=1S/C48H36N2O2/c1-3-51-43-19-11-17-41(33-43)49(47-23-9-15-37-13-5-7-21-45(37)47)39-29-25-35(26-30-39)36-27-31-40(32-28-36)50(42-18-12-20-44(34-42)52-4-2)48-24-10-16-38-14-6-8-22-46(38)48/h3-34H,1-2H2. The Labute approximate surface area is 304 Å². The van der Waals surface area contributed by atoms with Gasteiger partial charge in [-0.05, 0) is 82.6 Å². The first-order valence-electron chi connectivity index (χ1n) is 17.2. The fourth-order valence-corrected chi connectivity index (χ4v) is 6.85. The van der Waals surface area contributed by atoms with Crippen LogP contribution in [0.4, 0.5) is 34.1 Å². The van der Waals surface area contributed by atoms with Crippen LogP contribution in [0.25, 0.3) is 32.7 Å². The minimum Gasteiger partial charge on any atom is -0.466 e. The van der Waals surface area contributed by atoms with Gasteiger partial charge in [0, 0.05) is 45.7 Å². The Morgan fingerprint density at radius 2 is 0.750 bits per heavy atom. The van der Waals surface area contributed by atoms with E-state index in [1.54, 1.807) is 0 Å². The van der Waals surface area contributed by atoms with Crippen molar-refractivity contribution in [3.63, 3.8) is 0 Å². The summed E-state index contributed by atoms with van der Waals surface area (Å²) in [5.74, 6) is 1.46. The normalized spacial score (nSPS) is 10.8. The van der Waals surface area contributed by atoms with E-state index in [-0.39, 0.29) is 0 Å². The second kappa shape index (κ2) is 14.4. The zero-order valence-corrected chi connectivity index (χ0v) is 28.6. The first-order chi connectivity index (χ1) is 25.7. The zero-order valence-electron chi connectivity index (χ0n) is 28.6. The topological polar surface area (TPSA) is 24.9 Å². The second-order valence-electron chi connectivity index (χ2n) is 12.3. The van der Waals surface area contributed by atoms with Crippen LogP contribution >= 0.6 is 0 Å². The molecule has 250 valence electrons. The second-order valence-corrected chi connectivity index (χ2v) is 12.3. The largest absolute Gasteiger partial charge is 0.466 e. The molecule has 0 atom stereocenters. The Bertz CT molecular complexity index is 2330. The van der Waals surface area contributed by atoms with Crippen molar-refractivity contribution in [3.05, 3.63) is 208 Å². The van der Waals surface area contributed by atoms with Crippen molar-refractivity contribution in [2.45, 2.75) is 0 Å². The van der Waals surface area contributed by atoms with E-state index in [0.29, 0.717) is 0 Å². The molecule has 0 fully saturated rings. The summed E-state index contributed by atoms with van der Waals surface area (Å²) in [6.07, 6.45) is 2.91. The third-order valence-corrected chi connectivity index (χ3v) is 9.19. The molecule has 0 spiro atoms. The SMILES string of the molecule is C=COc1cccc(N(c2ccc(-c3ccc(N(c4cccc(OC=C)c4)c4cccc5ccccc45)cc3)cc2)c2cccc3ccccc23)c1. The molecule has 8 aromatic carbocycles. The van der Waals surface area contributed by atoms with Crippen LogP contribution in [0.15, 0.2) is 208 Å². The van der Waals surface area contributed by atoms with Gasteiger partial charge >= 0.3 is 0 Å². The Hall–Kier alpha value is -7.04. The number of anilines is 6. The monoisotopic (exact) mass is 672 g/mol. The van der Waals surface area contributed by atoms with Crippen molar-refractivity contribution in [2.24, 2.45) is 0 Å². The minimum atomic E-state index is 0.729. The van der Waals surface area contributed by atoms with Crippen LogP contribution in [0.1, 0.15) is 0 Å². The van der Waals surface area contributed by atoms with Crippen LogP contribution in [0.2, 0.25) is 0 Å². The number of nitrogens with zero attached hydrogens (tertiary/aromatic N) is 2. The van der Waals surface area contributed by atoms with Crippen molar-refractivity contribution in [1.29, 1.82) is 0 Å². The van der Waals surface area contributed by atoms with Crippen molar-refractivity contribution in [2.75, 3.05) is 9.80 Å². The fourth-order valence-electron chi connectivity index (χ4n) is 6.85.